The third-order valence-electron chi connectivity index (χ3n) is 2.40. The highest BCUT2D eigenvalue weighted by Crippen LogP contribution is 2.25. The lowest BCUT2D eigenvalue weighted by atomic mass is 10.2. The van der Waals surface area contributed by atoms with Crippen LogP contribution in [0.15, 0.2) is 18.5 Å². The first kappa shape index (κ1) is 14.4. The molecule has 2 heterocycles. The molecule has 0 fully saturated rings. The standard InChI is InChI=1S/C11H9ClN4O3S/c1-6-14-4-7(20-6)5-15-11(17)8-2-3-13-10(12)9(8)16(18)19/h2-4H,5H2,1H3,(H,15,17). The van der Waals surface area contributed by atoms with E-state index in [-0.39, 0.29) is 17.3 Å². The van der Waals surface area contributed by atoms with Crippen molar-refractivity contribution >= 4 is 34.5 Å². The molecule has 0 aliphatic carbocycles. The van der Waals surface area contributed by atoms with Crippen LogP contribution in [0.3, 0.4) is 0 Å². The highest BCUT2D eigenvalue weighted by molar-refractivity contribution is 7.11. The summed E-state index contributed by atoms with van der Waals surface area (Å²) < 4.78 is 0. The van der Waals surface area contributed by atoms with E-state index in [2.05, 4.69) is 15.3 Å². The van der Waals surface area contributed by atoms with Crippen LogP contribution < -0.4 is 5.32 Å². The third-order valence-corrected chi connectivity index (χ3v) is 3.59. The molecule has 2 rings (SSSR count). The van der Waals surface area contributed by atoms with E-state index in [4.69, 9.17) is 11.6 Å². The van der Waals surface area contributed by atoms with E-state index in [9.17, 15) is 14.9 Å². The number of hydrogen-bond acceptors (Lipinski definition) is 6. The second kappa shape index (κ2) is 5.93. The molecule has 0 saturated heterocycles. The molecule has 20 heavy (non-hydrogen) atoms. The van der Waals surface area contributed by atoms with Gasteiger partial charge in [0.2, 0.25) is 5.15 Å². The van der Waals surface area contributed by atoms with Gasteiger partial charge in [0, 0.05) is 17.3 Å². The Morgan fingerprint density at radius 3 is 2.90 bits per heavy atom. The molecule has 1 amide bonds. The Kier molecular flexibility index (Phi) is 4.26. The number of halogens is 1. The van der Waals surface area contributed by atoms with Gasteiger partial charge < -0.3 is 5.32 Å². The van der Waals surface area contributed by atoms with Gasteiger partial charge in [-0.15, -0.1) is 11.3 Å². The smallest absolute Gasteiger partial charge is 0.319 e. The van der Waals surface area contributed by atoms with Gasteiger partial charge in [0.25, 0.3) is 5.91 Å². The molecular weight excluding hydrogens is 304 g/mol. The van der Waals surface area contributed by atoms with Gasteiger partial charge in [-0.05, 0) is 13.0 Å². The highest BCUT2D eigenvalue weighted by atomic mass is 35.5. The molecule has 104 valence electrons. The SMILES string of the molecule is Cc1ncc(CNC(=O)c2ccnc(Cl)c2[N+](=O)[O-])s1. The summed E-state index contributed by atoms with van der Waals surface area (Å²) in [5.41, 5.74) is -0.608. The Morgan fingerprint density at radius 1 is 1.55 bits per heavy atom. The summed E-state index contributed by atoms with van der Waals surface area (Å²) in [5.74, 6) is -0.577. The average molecular weight is 313 g/mol. The van der Waals surface area contributed by atoms with Gasteiger partial charge in [-0.3, -0.25) is 14.9 Å². The van der Waals surface area contributed by atoms with Crippen molar-refractivity contribution in [1.82, 2.24) is 15.3 Å². The third kappa shape index (κ3) is 3.09. The second-order valence-corrected chi connectivity index (χ2v) is 5.46. The van der Waals surface area contributed by atoms with Crippen LogP contribution >= 0.6 is 22.9 Å². The molecule has 2 aromatic heterocycles. The van der Waals surface area contributed by atoms with E-state index in [1.807, 2.05) is 6.92 Å². The first-order valence-electron chi connectivity index (χ1n) is 5.47. The number of nitrogens with zero attached hydrogens (tertiary/aromatic N) is 3. The number of thiazole rings is 1. The fourth-order valence-electron chi connectivity index (χ4n) is 1.54. The Morgan fingerprint density at radius 2 is 2.30 bits per heavy atom. The predicted octanol–water partition coefficient (Wildman–Crippen LogP) is 2.34. The maximum absolute atomic E-state index is 12.0. The lowest BCUT2D eigenvalue weighted by molar-refractivity contribution is -0.385. The molecule has 9 heteroatoms. The van der Waals surface area contributed by atoms with Crippen molar-refractivity contribution in [3.05, 3.63) is 49.2 Å². The Hall–Kier alpha value is -2.06. The summed E-state index contributed by atoms with van der Waals surface area (Å²) in [6, 6.07) is 1.26. The van der Waals surface area contributed by atoms with Crippen molar-refractivity contribution in [3.63, 3.8) is 0 Å². The Bertz CT molecular complexity index is 673. The van der Waals surface area contributed by atoms with E-state index in [1.54, 1.807) is 6.20 Å². The van der Waals surface area contributed by atoms with Crippen LogP contribution in [0.5, 0.6) is 0 Å². The summed E-state index contributed by atoms with van der Waals surface area (Å²) in [7, 11) is 0. The van der Waals surface area contributed by atoms with Crippen molar-refractivity contribution in [2.24, 2.45) is 0 Å². The Labute approximate surface area is 122 Å². The first-order chi connectivity index (χ1) is 9.49. The normalized spacial score (nSPS) is 10.3. The van der Waals surface area contributed by atoms with Gasteiger partial charge in [-0.2, -0.15) is 0 Å². The zero-order valence-electron chi connectivity index (χ0n) is 10.3. The molecule has 0 aliphatic rings. The van der Waals surface area contributed by atoms with Crippen LogP contribution in [0.2, 0.25) is 5.15 Å². The number of nitrogens with one attached hydrogen (secondary N) is 1. The molecule has 0 radical (unpaired) electrons. The topological polar surface area (TPSA) is 98.0 Å². The molecule has 0 aromatic carbocycles. The maximum atomic E-state index is 12.0. The zero-order valence-corrected chi connectivity index (χ0v) is 11.9. The van der Waals surface area contributed by atoms with Crippen molar-refractivity contribution in [1.29, 1.82) is 0 Å². The van der Waals surface area contributed by atoms with Crippen molar-refractivity contribution in [2.75, 3.05) is 0 Å². The monoisotopic (exact) mass is 312 g/mol. The maximum Gasteiger partial charge on any atom is 0.319 e. The zero-order chi connectivity index (χ0) is 14.7. The number of nitro groups is 1. The Balaban J connectivity index is 2.17. The van der Waals surface area contributed by atoms with Crippen LogP contribution in [-0.4, -0.2) is 20.8 Å². The molecule has 1 N–H and O–H groups in total. The molecular formula is C11H9ClN4O3S. The second-order valence-electron chi connectivity index (χ2n) is 3.78. The number of pyridine rings is 1. The average Bonchev–Trinajstić information content (AvgIpc) is 2.81. The lowest BCUT2D eigenvalue weighted by Gasteiger charge is -2.04. The van der Waals surface area contributed by atoms with E-state index in [1.165, 1.54) is 23.6 Å². The highest BCUT2D eigenvalue weighted by Gasteiger charge is 2.24. The summed E-state index contributed by atoms with van der Waals surface area (Å²) in [5, 5.41) is 14.1. The number of amides is 1. The van der Waals surface area contributed by atoms with Crippen molar-refractivity contribution < 1.29 is 9.72 Å². The fraction of sp³-hybridized carbons (Fsp3) is 0.182. The number of hydrogen-bond donors (Lipinski definition) is 1. The number of carbonyl (C=O) groups is 1. The molecule has 0 bridgehead atoms. The van der Waals surface area contributed by atoms with Gasteiger partial charge in [0.05, 0.1) is 16.5 Å². The first-order valence-corrected chi connectivity index (χ1v) is 6.67. The molecule has 0 atom stereocenters. The van der Waals surface area contributed by atoms with E-state index in [0.29, 0.717) is 0 Å². The predicted molar refractivity (Wildman–Crippen MR) is 73.9 cm³/mol. The van der Waals surface area contributed by atoms with Crippen LogP contribution in [0.4, 0.5) is 5.69 Å². The minimum Gasteiger partial charge on any atom is -0.347 e. The molecule has 0 spiro atoms. The number of aryl methyl sites for hydroxylation is 1. The van der Waals surface area contributed by atoms with Gasteiger partial charge in [-0.25, -0.2) is 9.97 Å². The minimum absolute atomic E-state index is 0.115. The van der Waals surface area contributed by atoms with Crippen molar-refractivity contribution in [2.45, 2.75) is 13.5 Å². The minimum atomic E-state index is -0.721. The van der Waals surface area contributed by atoms with Gasteiger partial charge in [-0.1, -0.05) is 11.6 Å². The van der Waals surface area contributed by atoms with Gasteiger partial charge in [0.1, 0.15) is 5.56 Å². The van der Waals surface area contributed by atoms with Crippen molar-refractivity contribution in [3.8, 4) is 0 Å². The molecule has 7 nitrogen and oxygen atoms in total. The summed E-state index contributed by atoms with van der Waals surface area (Å²) in [6.45, 7) is 2.10. The summed E-state index contributed by atoms with van der Waals surface area (Å²) >= 11 is 7.09. The number of aromatic nitrogens is 2. The molecule has 0 saturated carbocycles. The van der Waals surface area contributed by atoms with Crippen LogP contribution in [-0.2, 0) is 6.54 Å². The summed E-state index contributed by atoms with van der Waals surface area (Å²) in [4.78, 5) is 30.7. The lowest BCUT2D eigenvalue weighted by Crippen LogP contribution is -2.23. The number of carbonyl (C=O) groups excluding carboxylic acids is 1. The van der Waals surface area contributed by atoms with Gasteiger partial charge in [0.15, 0.2) is 0 Å². The van der Waals surface area contributed by atoms with Crippen LogP contribution in [0, 0.1) is 17.0 Å². The molecule has 2 aromatic rings. The molecule has 0 aliphatic heterocycles. The van der Waals surface area contributed by atoms with E-state index >= 15 is 0 Å². The fourth-order valence-corrected chi connectivity index (χ4v) is 2.50. The summed E-state index contributed by atoms with van der Waals surface area (Å²) in [6.07, 6.45) is 2.90. The quantitative estimate of drug-likeness (QED) is 0.531. The van der Waals surface area contributed by atoms with Gasteiger partial charge >= 0.3 is 5.69 Å². The number of rotatable bonds is 4. The molecule has 0 unspecified atom stereocenters. The van der Waals surface area contributed by atoms with Crippen LogP contribution in [0.1, 0.15) is 20.2 Å². The van der Waals surface area contributed by atoms with Crippen LogP contribution in [0.25, 0.3) is 0 Å². The van der Waals surface area contributed by atoms with E-state index < -0.39 is 16.5 Å². The van der Waals surface area contributed by atoms with E-state index in [0.717, 1.165) is 9.88 Å². The largest absolute Gasteiger partial charge is 0.347 e.